The third-order valence-electron chi connectivity index (χ3n) is 2.71. The van der Waals surface area contributed by atoms with Crippen molar-refractivity contribution >= 4 is 10.8 Å². The molecule has 0 saturated carbocycles. The van der Waals surface area contributed by atoms with Crippen molar-refractivity contribution in [2.75, 3.05) is 6.61 Å². The average molecular weight is 228 g/mol. The summed E-state index contributed by atoms with van der Waals surface area (Å²) in [7, 11) is 0. The summed E-state index contributed by atoms with van der Waals surface area (Å²) in [6.07, 6.45) is 0.918. The Hall–Kier alpha value is -1.80. The van der Waals surface area contributed by atoms with E-state index in [0.29, 0.717) is 6.61 Å². The van der Waals surface area contributed by atoms with Crippen LogP contribution in [-0.2, 0) is 0 Å². The number of aliphatic hydroxyl groups excluding tert-OH is 1. The van der Waals surface area contributed by atoms with Gasteiger partial charge in [-0.05, 0) is 41.5 Å². The van der Waals surface area contributed by atoms with Gasteiger partial charge in [-0.3, -0.25) is 0 Å². The van der Waals surface area contributed by atoms with E-state index in [9.17, 15) is 5.11 Å². The number of hydrogen-bond acceptors (Lipinski definition) is 2. The number of aliphatic hydroxyl groups is 1. The molecule has 0 spiro atoms. The van der Waals surface area contributed by atoms with E-state index in [2.05, 4.69) is 6.58 Å². The molecular formula is C15H16O2. The number of fused-ring (bicyclic) bond motifs is 1. The minimum atomic E-state index is -0.606. The van der Waals surface area contributed by atoms with E-state index in [0.717, 1.165) is 22.1 Å². The molecule has 0 aromatic heterocycles. The van der Waals surface area contributed by atoms with E-state index in [1.807, 2.05) is 43.3 Å². The summed E-state index contributed by atoms with van der Waals surface area (Å²) in [5.74, 6) is 0.872. The Morgan fingerprint density at radius 3 is 2.65 bits per heavy atom. The first-order valence-electron chi connectivity index (χ1n) is 5.71. The predicted molar refractivity (Wildman–Crippen MR) is 70.3 cm³/mol. The lowest BCUT2D eigenvalue weighted by molar-refractivity contribution is 0.229. The Bertz CT molecular complexity index is 531. The molecule has 2 rings (SSSR count). The lowest BCUT2D eigenvalue weighted by Gasteiger charge is -2.08. The summed E-state index contributed by atoms with van der Waals surface area (Å²) in [6.45, 7) is 6.22. The summed E-state index contributed by atoms with van der Waals surface area (Å²) in [5.41, 5.74) is 0.858. The number of ether oxygens (including phenoxy) is 1. The first-order chi connectivity index (χ1) is 8.24. The molecule has 1 N–H and O–H groups in total. The standard InChI is InChI=1S/C15H16O2/c1-3-15(16)13-6-5-12-10-14(17-4-2)8-7-11(12)9-13/h3,5-10,15-16H,1,4H2,2H3. The molecule has 0 radical (unpaired) electrons. The predicted octanol–water partition coefficient (Wildman–Crippen LogP) is 3.46. The Morgan fingerprint density at radius 1 is 1.24 bits per heavy atom. The summed E-state index contributed by atoms with van der Waals surface area (Å²) >= 11 is 0. The lowest BCUT2D eigenvalue weighted by Crippen LogP contribution is -1.93. The van der Waals surface area contributed by atoms with Gasteiger partial charge in [-0.2, -0.15) is 0 Å². The number of hydrogen-bond donors (Lipinski definition) is 1. The maximum atomic E-state index is 9.68. The average Bonchev–Trinajstić information content (AvgIpc) is 2.37. The van der Waals surface area contributed by atoms with Gasteiger partial charge in [0, 0.05) is 0 Å². The molecule has 0 amide bonds. The third-order valence-corrected chi connectivity index (χ3v) is 2.71. The highest BCUT2D eigenvalue weighted by Gasteiger charge is 2.04. The van der Waals surface area contributed by atoms with Crippen LogP contribution in [-0.4, -0.2) is 11.7 Å². The van der Waals surface area contributed by atoms with Crippen LogP contribution in [0.4, 0.5) is 0 Å². The molecule has 2 aromatic rings. The van der Waals surface area contributed by atoms with Gasteiger partial charge in [0.1, 0.15) is 5.75 Å². The summed E-state index contributed by atoms with van der Waals surface area (Å²) in [6, 6.07) is 11.8. The van der Waals surface area contributed by atoms with Crippen molar-refractivity contribution in [3.8, 4) is 5.75 Å². The molecule has 0 bridgehead atoms. The van der Waals surface area contributed by atoms with Crippen molar-refractivity contribution in [1.29, 1.82) is 0 Å². The van der Waals surface area contributed by atoms with Gasteiger partial charge in [0.15, 0.2) is 0 Å². The monoisotopic (exact) mass is 228 g/mol. The zero-order valence-corrected chi connectivity index (χ0v) is 9.89. The summed E-state index contributed by atoms with van der Waals surface area (Å²) < 4.78 is 5.45. The molecule has 2 heteroatoms. The van der Waals surface area contributed by atoms with Crippen LogP contribution >= 0.6 is 0 Å². The van der Waals surface area contributed by atoms with Gasteiger partial charge < -0.3 is 9.84 Å². The van der Waals surface area contributed by atoms with Crippen molar-refractivity contribution in [3.05, 3.63) is 54.6 Å². The van der Waals surface area contributed by atoms with E-state index in [1.54, 1.807) is 0 Å². The largest absolute Gasteiger partial charge is 0.494 e. The first-order valence-corrected chi connectivity index (χ1v) is 5.71. The van der Waals surface area contributed by atoms with Gasteiger partial charge in [0.2, 0.25) is 0 Å². The Labute approximate surface area is 101 Å². The van der Waals surface area contributed by atoms with Crippen LogP contribution in [0.25, 0.3) is 10.8 Å². The summed E-state index contributed by atoms with van der Waals surface area (Å²) in [4.78, 5) is 0. The van der Waals surface area contributed by atoms with Crippen molar-refractivity contribution in [3.63, 3.8) is 0 Å². The second-order valence-electron chi connectivity index (χ2n) is 3.88. The third kappa shape index (κ3) is 2.48. The highest BCUT2D eigenvalue weighted by Crippen LogP contribution is 2.24. The fraction of sp³-hybridized carbons (Fsp3) is 0.200. The number of rotatable bonds is 4. The van der Waals surface area contributed by atoms with Gasteiger partial charge in [0.25, 0.3) is 0 Å². The van der Waals surface area contributed by atoms with E-state index in [1.165, 1.54) is 6.08 Å². The second kappa shape index (κ2) is 5.02. The van der Waals surface area contributed by atoms with Gasteiger partial charge in [0.05, 0.1) is 12.7 Å². The van der Waals surface area contributed by atoms with E-state index < -0.39 is 6.10 Å². The topological polar surface area (TPSA) is 29.5 Å². The Balaban J connectivity index is 2.42. The van der Waals surface area contributed by atoms with Crippen molar-refractivity contribution in [2.24, 2.45) is 0 Å². The molecule has 0 fully saturated rings. The van der Waals surface area contributed by atoms with Gasteiger partial charge in [-0.25, -0.2) is 0 Å². The fourth-order valence-corrected chi connectivity index (χ4v) is 1.82. The van der Waals surface area contributed by atoms with Crippen LogP contribution < -0.4 is 4.74 Å². The van der Waals surface area contributed by atoms with E-state index >= 15 is 0 Å². The van der Waals surface area contributed by atoms with E-state index in [-0.39, 0.29) is 0 Å². The minimum absolute atomic E-state index is 0.606. The Morgan fingerprint density at radius 2 is 1.94 bits per heavy atom. The molecule has 0 heterocycles. The maximum absolute atomic E-state index is 9.68. The zero-order chi connectivity index (χ0) is 12.3. The molecule has 0 aliphatic heterocycles. The van der Waals surface area contributed by atoms with Gasteiger partial charge in [-0.1, -0.05) is 24.3 Å². The molecular weight excluding hydrogens is 212 g/mol. The van der Waals surface area contributed by atoms with Crippen LogP contribution in [0, 0.1) is 0 Å². The van der Waals surface area contributed by atoms with Crippen molar-refractivity contribution in [2.45, 2.75) is 13.0 Å². The van der Waals surface area contributed by atoms with Crippen LogP contribution in [0.1, 0.15) is 18.6 Å². The molecule has 1 unspecified atom stereocenters. The van der Waals surface area contributed by atoms with Gasteiger partial charge >= 0.3 is 0 Å². The van der Waals surface area contributed by atoms with Crippen LogP contribution in [0.5, 0.6) is 5.75 Å². The molecule has 0 saturated heterocycles. The van der Waals surface area contributed by atoms with E-state index in [4.69, 9.17) is 4.74 Å². The number of benzene rings is 2. The first kappa shape index (κ1) is 11.7. The quantitative estimate of drug-likeness (QED) is 0.812. The normalized spacial score (nSPS) is 12.4. The highest BCUT2D eigenvalue weighted by molar-refractivity contribution is 5.84. The van der Waals surface area contributed by atoms with Crippen molar-refractivity contribution < 1.29 is 9.84 Å². The second-order valence-corrected chi connectivity index (χ2v) is 3.88. The van der Waals surface area contributed by atoms with Crippen LogP contribution in [0.3, 0.4) is 0 Å². The molecule has 17 heavy (non-hydrogen) atoms. The lowest BCUT2D eigenvalue weighted by atomic mass is 10.0. The van der Waals surface area contributed by atoms with Crippen LogP contribution in [0.15, 0.2) is 49.1 Å². The summed E-state index contributed by atoms with van der Waals surface area (Å²) in [5, 5.41) is 11.9. The van der Waals surface area contributed by atoms with Crippen LogP contribution in [0.2, 0.25) is 0 Å². The zero-order valence-electron chi connectivity index (χ0n) is 9.89. The van der Waals surface area contributed by atoms with Crippen molar-refractivity contribution in [1.82, 2.24) is 0 Å². The smallest absolute Gasteiger partial charge is 0.119 e. The highest BCUT2D eigenvalue weighted by atomic mass is 16.5. The maximum Gasteiger partial charge on any atom is 0.119 e. The molecule has 88 valence electrons. The molecule has 2 nitrogen and oxygen atoms in total. The fourth-order valence-electron chi connectivity index (χ4n) is 1.82. The molecule has 1 atom stereocenters. The molecule has 2 aromatic carbocycles. The molecule has 0 aliphatic carbocycles. The Kier molecular flexibility index (Phi) is 3.45. The molecule has 0 aliphatic rings. The SMILES string of the molecule is C=CC(O)c1ccc2cc(OCC)ccc2c1. The van der Waals surface area contributed by atoms with Gasteiger partial charge in [-0.15, -0.1) is 6.58 Å². The minimum Gasteiger partial charge on any atom is -0.494 e.